The van der Waals surface area contributed by atoms with Crippen molar-refractivity contribution in [2.45, 2.75) is 0 Å². The normalized spacial score (nSPS) is 20.8. The topological polar surface area (TPSA) is 83.4 Å². The quantitative estimate of drug-likeness (QED) is 0.366. The molecule has 0 aliphatic carbocycles. The van der Waals surface area contributed by atoms with E-state index in [1.54, 1.807) is 6.21 Å². The maximum Gasteiger partial charge on any atom is 0.331 e. The van der Waals surface area contributed by atoms with Crippen molar-refractivity contribution in [3.05, 3.63) is 40.8 Å². The summed E-state index contributed by atoms with van der Waals surface area (Å²) >= 11 is 3.03. The van der Waals surface area contributed by atoms with Gasteiger partial charge in [-0.1, -0.05) is 12.1 Å². The molecule has 0 aromatic heterocycles. The minimum atomic E-state index is -0.584. The summed E-state index contributed by atoms with van der Waals surface area (Å²) in [5.41, 5.74) is 2.13. The van der Waals surface area contributed by atoms with E-state index in [-0.39, 0.29) is 4.91 Å². The molecule has 9 heteroatoms. The first-order valence-electron chi connectivity index (χ1n) is 7.98. The maximum atomic E-state index is 11.7. The average molecular weight is 390 g/mol. The number of amides is 1. The third-order valence-corrected chi connectivity index (χ3v) is 5.57. The van der Waals surface area contributed by atoms with Crippen LogP contribution in [-0.4, -0.2) is 55.0 Å². The monoisotopic (exact) mass is 390 g/mol. The molecule has 0 radical (unpaired) electrons. The molecule has 1 aromatic carbocycles. The fourth-order valence-corrected chi connectivity index (χ4v) is 4.02. The lowest BCUT2D eigenvalue weighted by Gasteiger charge is -2.28. The van der Waals surface area contributed by atoms with Crippen LogP contribution in [-0.2, 0) is 14.3 Å². The molecule has 3 rings (SSSR count). The van der Waals surface area contributed by atoms with Crippen LogP contribution < -0.4 is 10.2 Å². The molecule has 0 atom stereocenters. The zero-order chi connectivity index (χ0) is 18.4. The summed E-state index contributed by atoms with van der Waals surface area (Å²) in [5.74, 6) is 1.35. The first kappa shape index (κ1) is 18.5. The molecule has 2 aliphatic rings. The Hall–Kier alpha value is -2.26. The molecular weight excluding hydrogens is 372 g/mol. The minimum absolute atomic E-state index is 0.231. The number of anilines is 1. The van der Waals surface area contributed by atoms with Crippen molar-refractivity contribution in [3.63, 3.8) is 0 Å². The second kappa shape index (κ2) is 8.91. The summed E-state index contributed by atoms with van der Waals surface area (Å²) in [6.45, 7) is 2.15. The summed E-state index contributed by atoms with van der Waals surface area (Å²) in [4.78, 5) is 25.5. The van der Waals surface area contributed by atoms with Gasteiger partial charge in [0.05, 0.1) is 18.2 Å². The Labute approximate surface area is 159 Å². The molecule has 1 aromatic rings. The number of hydrogen-bond acceptors (Lipinski definition) is 8. The van der Waals surface area contributed by atoms with E-state index >= 15 is 0 Å². The second-order valence-electron chi connectivity index (χ2n) is 5.43. The van der Waals surface area contributed by atoms with Crippen LogP contribution >= 0.6 is 23.5 Å². The Balaban J connectivity index is 1.60. The van der Waals surface area contributed by atoms with Gasteiger partial charge in [-0.25, -0.2) is 4.79 Å². The van der Waals surface area contributed by atoms with Crippen LogP contribution in [0.5, 0.6) is 0 Å². The van der Waals surface area contributed by atoms with Gasteiger partial charge in [-0.3, -0.25) is 10.1 Å². The SMILES string of the molecule is COC(=O)/C=C1/S/C(=N\N=Cc2ccc(N3CCSCC3)cc2)NC1=O. The van der Waals surface area contributed by atoms with Crippen molar-refractivity contribution in [3.8, 4) is 0 Å². The van der Waals surface area contributed by atoms with E-state index in [4.69, 9.17) is 0 Å². The van der Waals surface area contributed by atoms with Crippen molar-refractivity contribution in [2.24, 2.45) is 10.2 Å². The Kier molecular flexibility index (Phi) is 6.35. The first-order valence-corrected chi connectivity index (χ1v) is 9.95. The summed E-state index contributed by atoms with van der Waals surface area (Å²) in [6.07, 6.45) is 2.75. The van der Waals surface area contributed by atoms with E-state index in [0.29, 0.717) is 5.17 Å². The van der Waals surface area contributed by atoms with Crippen molar-refractivity contribution >= 4 is 52.5 Å². The molecule has 0 unspecified atom stereocenters. The molecule has 1 amide bonds. The molecule has 26 heavy (non-hydrogen) atoms. The maximum absolute atomic E-state index is 11.7. The second-order valence-corrected chi connectivity index (χ2v) is 7.68. The standard InChI is InChI=1S/C17H18N4O3S2/c1-24-15(22)10-14-16(23)19-17(26-14)20-18-11-12-2-4-13(5-3-12)21-6-8-25-9-7-21/h2-5,10-11H,6-9H2,1H3,(H,19,20,23)/b14-10+,18-11?. The fourth-order valence-electron chi connectivity index (χ4n) is 2.38. The largest absolute Gasteiger partial charge is 0.466 e. The molecule has 7 nitrogen and oxygen atoms in total. The lowest BCUT2D eigenvalue weighted by molar-refractivity contribution is -0.135. The van der Waals surface area contributed by atoms with Crippen LogP contribution in [0.3, 0.4) is 0 Å². The van der Waals surface area contributed by atoms with Gasteiger partial charge < -0.3 is 9.64 Å². The van der Waals surface area contributed by atoms with E-state index in [0.717, 1.165) is 48.0 Å². The van der Waals surface area contributed by atoms with Gasteiger partial charge in [0.25, 0.3) is 5.91 Å². The molecule has 2 heterocycles. The number of amidine groups is 1. The Bertz CT molecular complexity index is 769. The number of benzene rings is 1. The number of esters is 1. The molecule has 2 fully saturated rings. The number of thioether (sulfide) groups is 2. The number of methoxy groups -OCH3 is 1. The summed E-state index contributed by atoms with van der Waals surface area (Å²) in [5, 5.41) is 10.8. The van der Waals surface area contributed by atoms with Crippen molar-refractivity contribution in [2.75, 3.05) is 36.6 Å². The van der Waals surface area contributed by atoms with Gasteiger partial charge in [0.15, 0.2) is 5.17 Å². The number of carbonyl (C=O) groups is 2. The number of hydrogen-bond donors (Lipinski definition) is 1. The van der Waals surface area contributed by atoms with Gasteiger partial charge in [0.2, 0.25) is 0 Å². The van der Waals surface area contributed by atoms with E-state index in [2.05, 4.69) is 37.3 Å². The van der Waals surface area contributed by atoms with Crippen molar-refractivity contribution in [1.82, 2.24) is 5.32 Å². The summed E-state index contributed by atoms with van der Waals surface area (Å²) in [6, 6.07) is 8.13. The third-order valence-electron chi connectivity index (χ3n) is 3.73. The molecule has 2 saturated heterocycles. The molecule has 136 valence electrons. The minimum Gasteiger partial charge on any atom is -0.466 e. The Morgan fingerprint density at radius 1 is 1.27 bits per heavy atom. The summed E-state index contributed by atoms with van der Waals surface area (Å²) in [7, 11) is 1.26. The number of nitrogens with one attached hydrogen (secondary N) is 1. The zero-order valence-electron chi connectivity index (χ0n) is 14.2. The number of nitrogens with zero attached hydrogens (tertiary/aromatic N) is 3. The highest BCUT2D eigenvalue weighted by molar-refractivity contribution is 8.18. The molecular formula is C17H18N4O3S2. The smallest absolute Gasteiger partial charge is 0.331 e. The van der Waals surface area contributed by atoms with Crippen LogP contribution in [0, 0.1) is 0 Å². The van der Waals surface area contributed by atoms with Gasteiger partial charge in [0.1, 0.15) is 0 Å². The number of carbonyl (C=O) groups excluding carboxylic acids is 2. The van der Waals surface area contributed by atoms with Crippen LogP contribution in [0.4, 0.5) is 5.69 Å². The Morgan fingerprint density at radius 3 is 2.69 bits per heavy atom. The van der Waals surface area contributed by atoms with Gasteiger partial charge in [-0.15, -0.1) is 5.10 Å². The van der Waals surface area contributed by atoms with Gasteiger partial charge in [-0.05, 0) is 29.5 Å². The lowest BCUT2D eigenvalue weighted by atomic mass is 10.2. The average Bonchev–Trinajstić information content (AvgIpc) is 3.02. The zero-order valence-corrected chi connectivity index (χ0v) is 15.8. The lowest BCUT2D eigenvalue weighted by Crippen LogP contribution is -2.32. The highest BCUT2D eigenvalue weighted by Gasteiger charge is 2.24. The van der Waals surface area contributed by atoms with Gasteiger partial charge >= 0.3 is 5.97 Å². The highest BCUT2D eigenvalue weighted by atomic mass is 32.2. The van der Waals surface area contributed by atoms with Gasteiger partial charge in [-0.2, -0.15) is 16.9 Å². The molecule has 2 aliphatic heterocycles. The third kappa shape index (κ3) is 4.89. The fraction of sp³-hybridized carbons (Fsp3) is 0.294. The molecule has 0 spiro atoms. The first-order chi connectivity index (χ1) is 12.7. The highest BCUT2D eigenvalue weighted by Crippen LogP contribution is 2.23. The van der Waals surface area contributed by atoms with E-state index in [1.165, 1.54) is 12.8 Å². The molecule has 0 saturated carbocycles. The van der Waals surface area contributed by atoms with E-state index in [9.17, 15) is 9.59 Å². The molecule has 0 bridgehead atoms. The van der Waals surface area contributed by atoms with Crippen molar-refractivity contribution < 1.29 is 14.3 Å². The van der Waals surface area contributed by atoms with Crippen LogP contribution in [0.1, 0.15) is 5.56 Å². The predicted molar refractivity (Wildman–Crippen MR) is 107 cm³/mol. The van der Waals surface area contributed by atoms with Gasteiger partial charge in [0, 0.05) is 36.4 Å². The number of ether oxygens (including phenoxy) is 1. The predicted octanol–water partition coefficient (Wildman–Crippen LogP) is 1.85. The van der Waals surface area contributed by atoms with E-state index in [1.807, 2.05) is 23.9 Å². The van der Waals surface area contributed by atoms with E-state index < -0.39 is 11.9 Å². The van der Waals surface area contributed by atoms with Crippen LogP contribution in [0.2, 0.25) is 0 Å². The van der Waals surface area contributed by atoms with Crippen LogP contribution in [0.25, 0.3) is 0 Å². The number of rotatable bonds is 4. The Morgan fingerprint density at radius 2 is 2.00 bits per heavy atom. The molecule has 1 N–H and O–H groups in total. The summed E-state index contributed by atoms with van der Waals surface area (Å²) < 4.78 is 4.51. The van der Waals surface area contributed by atoms with Crippen molar-refractivity contribution in [1.29, 1.82) is 0 Å². The van der Waals surface area contributed by atoms with Crippen LogP contribution in [0.15, 0.2) is 45.4 Å².